The van der Waals surface area contributed by atoms with Crippen LogP contribution in [0.3, 0.4) is 0 Å². The number of rotatable bonds is 1. The SMILES string of the molecule is CCC1CC(=O)CC(=O)CC1O. The van der Waals surface area contributed by atoms with Crippen LogP contribution in [0.5, 0.6) is 0 Å². The van der Waals surface area contributed by atoms with Crippen molar-refractivity contribution in [2.24, 2.45) is 5.92 Å². The van der Waals surface area contributed by atoms with Crippen LogP contribution in [0.15, 0.2) is 0 Å². The second-order valence-corrected chi connectivity index (χ2v) is 3.40. The van der Waals surface area contributed by atoms with Gasteiger partial charge in [-0.1, -0.05) is 13.3 Å². The zero-order chi connectivity index (χ0) is 9.14. The van der Waals surface area contributed by atoms with Crippen molar-refractivity contribution in [1.82, 2.24) is 0 Å². The summed E-state index contributed by atoms with van der Waals surface area (Å²) >= 11 is 0. The maximum absolute atomic E-state index is 11.1. The van der Waals surface area contributed by atoms with Crippen molar-refractivity contribution in [2.75, 3.05) is 0 Å². The van der Waals surface area contributed by atoms with E-state index in [0.29, 0.717) is 6.42 Å². The van der Waals surface area contributed by atoms with E-state index < -0.39 is 6.10 Å². The summed E-state index contributed by atoms with van der Waals surface area (Å²) in [6, 6.07) is 0. The van der Waals surface area contributed by atoms with Crippen molar-refractivity contribution in [3.63, 3.8) is 0 Å². The number of ketones is 2. The largest absolute Gasteiger partial charge is 0.392 e. The Kier molecular flexibility index (Phi) is 2.98. The molecule has 2 unspecified atom stereocenters. The predicted molar refractivity (Wildman–Crippen MR) is 43.7 cm³/mol. The van der Waals surface area contributed by atoms with Gasteiger partial charge in [0.1, 0.15) is 11.6 Å². The summed E-state index contributed by atoms with van der Waals surface area (Å²) in [7, 11) is 0. The van der Waals surface area contributed by atoms with Gasteiger partial charge in [-0.3, -0.25) is 9.59 Å². The molecule has 1 N–H and O–H groups in total. The molecular weight excluding hydrogens is 156 g/mol. The number of hydrogen-bond donors (Lipinski definition) is 1. The molecule has 3 nitrogen and oxygen atoms in total. The molecular formula is C9H14O3. The van der Waals surface area contributed by atoms with E-state index in [1.54, 1.807) is 0 Å². The summed E-state index contributed by atoms with van der Waals surface area (Å²) < 4.78 is 0. The molecule has 0 heterocycles. The summed E-state index contributed by atoms with van der Waals surface area (Å²) in [4.78, 5) is 22.1. The smallest absolute Gasteiger partial charge is 0.142 e. The van der Waals surface area contributed by atoms with Gasteiger partial charge in [-0.25, -0.2) is 0 Å². The van der Waals surface area contributed by atoms with Crippen molar-refractivity contribution in [3.05, 3.63) is 0 Å². The van der Waals surface area contributed by atoms with Crippen molar-refractivity contribution in [3.8, 4) is 0 Å². The monoisotopic (exact) mass is 170 g/mol. The van der Waals surface area contributed by atoms with Crippen molar-refractivity contribution in [2.45, 2.75) is 38.7 Å². The van der Waals surface area contributed by atoms with Gasteiger partial charge in [0, 0.05) is 12.8 Å². The number of hydrogen-bond acceptors (Lipinski definition) is 3. The maximum atomic E-state index is 11.1. The molecule has 0 aliphatic heterocycles. The van der Waals surface area contributed by atoms with Crippen LogP contribution in [0.2, 0.25) is 0 Å². The molecule has 1 saturated carbocycles. The van der Waals surface area contributed by atoms with Crippen LogP contribution in [-0.2, 0) is 9.59 Å². The minimum atomic E-state index is -0.603. The second kappa shape index (κ2) is 3.81. The van der Waals surface area contributed by atoms with E-state index in [1.165, 1.54) is 0 Å². The number of aliphatic hydroxyl groups excluding tert-OH is 1. The molecule has 1 aliphatic carbocycles. The van der Waals surface area contributed by atoms with E-state index in [2.05, 4.69) is 0 Å². The minimum Gasteiger partial charge on any atom is -0.392 e. The first-order chi connectivity index (χ1) is 5.63. The van der Waals surface area contributed by atoms with Crippen LogP contribution in [-0.4, -0.2) is 22.8 Å². The first-order valence-electron chi connectivity index (χ1n) is 4.35. The quantitative estimate of drug-likeness (QED) is 0.465. The first kappa shape index (κ1) is 9.39. The summed E-state index contributed by atoms with van der Waals surface area (Å²) in [5.41, 5.74) is 0. The van der Waals surface area contributed by atoms with E-state index in [4.69, 9.17) is 0 Å². The Hall–Kier alpha value is -0.700. The normalized spacial score (nSPS) is 31.8. The van der Waals surface area contributed by atoms with E-state index in [0.717, 1.165) is 6.42 Å². The van der Waals surface area contributed by atoms with Gasteiger partial charge in [0.15, 0.2) is 0 Å². The maximum Gasteiger partial charge on any atom is 0.142 e. The van der Waals surface area contributed by atoms with Crippen LogP contribution in [0.25, 0.3) is 0 Å². The topological polar surface area (TPSA) is 54.4 Å². The van der Waals surface area contributed by atoms with E-state index in [9.17, 15) is 14.7 Å². The average molecular weight is 170 g/mol. The van der Waals surface area contributed by atoms with Gasteiger partial charge in [0.05, 0.1) is 12.5 Å². The lowest BCUT2D eigenvalue weighted by atomic mass is 9.94. The lowest BCUT2D eigenvalue weighted by Crippen LogP contribution is -2.20. The highest BCUT2D eigenvalue weighted by Gasteiger charge is 2.28. The lowest BCUT2D eigenvalue weighted by molar-refractivity contribution is -0.126. The number of Topliss-reactive ketones (excluding diaryl/α,β-unsaturated/α-hetero) is 2. The zero-order valence-electron chi connectivity index (χ0n) is 7.25. The molecule has 2 atom stereocenters. The van der Waals surface area contributed by atoms with Crippen molar-refractivity contribution in [1.29, 1.82) is 0 Å². The molecule has 1 aliphatic rings. The highest BCUT2D eigenvalue weighted by Crippen LogP contribution is 2.21. The zero-order valence-corrected chi connectivity index (χ0v) is 7.25. The van der Waals surface area contributed by atoms with Gasteiger partial charge in [-0.15, -0.1) is 0 Å². The molecule has 0 spiro atoms. The van der Waals surface area contributed by atoms with Crippen molar-refractivity contribution < 1.29 is 14.7 Å². The molecule has 1 fully saturated rings. The summed E-state index contributed by atoms with van der Waals surface area (Å²) in [5.74, 6) is -0.157. The number of carbonyl (C=O) groups is 2. The first-order valence-corrected chi connectivity index (χ1v) is 4.35. The molecule has 0 amide bonds. The third-order valence-corrected chi connectivity index (χ3v) is 2.39. The Bertz CT molecular complexity index is 198. The van der Waals surface area contributed by atoms with Gasteiger partial charge < -0.3 is 5.11 Å². The molecule has 0 aromatic heterocycles. The van der Waals surface area contributed by atoms with Crippen LogP contribution < -0.4 is 0 Å². The van der Waals surface area contributed by atoms with Gasteiger partial charge in [-0.05, 0) is 5.92 Å². The Morgan fingerprint density at radius 2 is 1.92 bits per heavy atom. The van der Waals surface area contributed by atoms with Crippen LogP contribution in [0.1, 0.15) is 32.6 Å². The Labute approximate surface area is 71.8 Å². The van der Waals surface area contributed by atoms with E-state index >= 15 is 0 Å². The summed E-state index contributed by atoms with van der Waals surface area (Å²) in [6.45, 7) is 1.93. The fourth-order valence-corrected chi connectivity index (χ4v) is 1.61. The third kappa shape index (κ3) is 2.14. The molecule has 0 saturated heterocycles. The van der Waals surface area contributed by atoms with Gasteiger partial charge in [0.25, 0.3) is 0 Å². The highest BCUT2D eigenvalue weighted by molar-refractivity contribution is 6.00. The van der Waals surface area contributed by atoms with Crippen LogP contribution in [0, 0.1) is 5.92 Å². The van der Waals surface area contributed by atoms with E-state index in [-0.39, 0.29) is 30.3 Å². The molecule has 3 heteroatoms. The third-order valence-electron chi connectivity index (χ3n) is 2.39. The molecule has 0 bridgehead atoms. The van der Waals surface area contributed by atoms with Crippen LogP contribution >= 0.6 is 0 Å². The highest BCUT2D eigenvalue weighted by atomic mass is 16.3. The molecule has 12 heavy (non-hydrogen) atoms. The van der Waals surface area contributed by atoms with Gasteiger partial charge in [-0.2, -0.15) is 0 Å². The summed E-state index contributed by atoms with van der Waals surface area (Å²) in [5, 5.41) is 9.46. The summed E-state index contributed by atoms with van der Waals surface area (Å²) in [6.07, 6.45) is 0.704. The lowest BCUT2D eigenvalue weighted by Gasteiger charge is -2.16. The molecule has 0 aromatic carbocycles. The molecule has 0 radical (unpaired) electrons. The molecule has 0 aromatic rings. The van der Waals surface area contributed by atoms with Crippen molar-refractivity contribution >= 4 is 11.6 Å². The Morgan fingerprint density at radius 1 is 1.33 bits per heavy atom. The fourth-order valence-electron chi connectivity index (χ4n) is 1.61. The van der Waals surface area contributed by atoms with E-state index in [1.807, 2.05) is 6.92 Å². The second-order valence-electron chi connectivity index (χ2n) is 3.40. The fraction of sp³-hybridized carbons (Fsp3) is 0.778. The average Bonchev–Trinajstić information content (AvgIpc) is 2.09. The van der Waals surface area contributed by atoms with Gasteiger partial charge in [0.2, 0.25) is 0 Å². The molecule has 68 valence electrons. The standard InChI is InChI=1S/C9H14O3/c1-2-6-3-7(10)4-8(11)5-9(6)12/h6,9,12H,2-5H2,1H3. The Morgan fingerprint density at radius 3 is 2.50 bits per heavy atom. The predicted octanol–water partition coefficient (Wildman–Crippen LogP) is 0.696. The number of aliphatic hydroxyl groups is 1. The van der Waals surface area contributed by atoms with Gasteiger partial charge >= 0.3 is 0 Å². The molecule has 1 rings (SSSR count). The number of carbonyl (C=O) groups excluding carboxylic acids is 2. The Balaban J connectivity index is 2.67. The van der Waals surface area contributed by atoms with Crippen LogP contribution in [0.4, 0.5) is 0 Å². The minimum absolute atomic E-state index is 0.0102.